The monoisotopic (exact) mass is 426 g/mol. The van der Waals surface area contributed by atoms with Crippen LogP contribution in [0.5, 0.6) is 0 Å². The maximum Gasteiger partial charge on any atom is 0.251 e. The summed E-state index contributed by atoms with van der Waals surface area (Å²) in [6, 6.07) is 25.0. The molecule has 0 radical (unpaired) electrons. The second kappa shape index (κ2) is 9.92. The number of aromatic nitrogens is 2. The van der Waals surface area contributed by atoms with E-state index in [9.17, 15) is 9.59 Å². The van der Waals surface area contributed by atoms with Gasteiger partial charge in [-0.15, -0.1) is 0 Å². The Morgan fingerprint density at radius 3 is 2.38 bits per heavy atom. The summed E-state index contributed by atoms with van der Waals surface area (Å²) in [6.07, 6.45) is 0.526. The second-order valence-electron chi connectivity index (χ2n) is 7.74. The van der Waals surface area contributed by atoms with Gasteiger partial charge >= 0.3 is 0 Å². The minimum Gasteiger partial charge on any atom is -0.352 e. The number of rotatable bonds is 8. The number of para-hydroxylation sites is 2. The normalized spacial score (nSPS) is 10.8. The third-order valence-electron chi connectivity index (χ3n) is 5.32. The van der Waals surface area contributed by atoms with Crippen molar-refractivity contribution in [3.63, 3.8) is 0 Å². The van der Waals surface area contributed by atoms with E-state index in [4.69, 9.17) is 4.98 Å². The van der Waals surface area contributed by atoms with Crippen molar-refractivity contribution in [2.45, 2.75) is 26.4 Å². The van der Waals surface area contributed by atoms with Crippen molar-refractivity contribution in [1.82, 2.24) is 20.2 Å². The zero-order valence-corrected chi connectivity index (χ0v) is 18.0. The first kappa shape index (κ1) is 21.3. The molecule has 1 aromatic heterocycles. The van der Waals surface area contributed by atoms with Crippen LogP contribution in [0.1, 0.15) is 27.3 Å². The standard InChI is InChI=1S/C26H26N4O2/c1-19-11-13-21(14-12-19)26(32)27-16-15-24-29-22-9-5-6-10-23(22)30(24)18-25(31)28-17-20-7-3-2-4-8-20/h2-14H,15-18H2,1H3,(H,27,32)(H,28,31). The first-order chi connectivity index (χ1) is 15.6. The molecule has 0 bridgehead atoms. The molecule has 0 aliphatic carbocycles. The summed E-state index contributed by atoms with van der Waals surface area (Å²) in [4.78, 5) is 29.7. The van der Waals surface area contributed by atoms with Crippen molar-refractivity contribution in [1.29, 1.82) is 0 Å². The zero-order valence-electron chi connectivity index (χ0n) is 18.0. The number of benzene rings is 3. The molecule has 0 aliphatic rings. The van der Waals surface area contributed by atoms with Crippen LogP contribution in [0, 0.1) is 6.92 Å². The molecule has 4 rings (SSSR count). The maximum absolute atomic E-state index is 12.6. The number of imidazole rings is 1. The van der Waals surface area contributed by atoms with E-state index in [0.29, 0.717) is 25.1 Å². The number of amides is 2. The Balaban J connectivity index is 1.42. The number of carbonyl (C=O) groups is 2. The highest BCUT2D eigenvalue weighted by molar-refractivity contribution is 5.94. The lowest BCUT2D eigenvalue weighted by Crippen LogP contribution is -2.29. The van der Waals surface area contributed by atoms with Crippen LogP contribution in [0.3, 0.4) is 0 Å². The van der Waals surface area contributed by atoms with E-state index in [0.717, 1.165) is 28.0 Å². The van der Waals surface area contributed by atoms with E-state index >= 15 is 0 Å². The molecular formula is C26H26N4O2. The molecule has 162 valence electrons. The molecular weight excluding hydrogens is 400 g/mol. The van der Waals surface area contributed by atoms with Gasteiger partial charge in [0.25, 0.3) is 5.91 Å². The molecule has 0 saturated heterocycles. The largest absolute Gasteiger partial charge is 0.352 e. The van der Waals surface area contributed by atoms with Gasteiger partial charge in [-0.05, 0) is 36.8 Å². The molecule has 0 saturated carbocycles. The molecule has 6 nitrogen and oxygen atoms in total. The summed E-state index contributed by atoms with van der Waals surface area (Å²) in [5, 5.41) is 5.92. The Kier molecular flexibility index (Phi) is 6.60. The molecule has 6 heteroatoms. The lowest BCUT2D eigenvalue weighted by molar-refractivity contribution is -0.121. The summed E-state index contributed by atoms with van der Waals surface area (Å²) in [7, 11) is 0. The number of hydrogen-bond donors (Lipinski definition) is 2. The molecule has 0 atom stereocenters. The molecule has 0 unspecified atom stereocenters. The van der Waals surface area contributed by atoms with Gasteiger partial charge in [0.15, 0.2) is 0 Å². The van der Waals surface area contributed by atoms with E-state index in [1.54, 1.807) is 0 Å². The Hall–Kier alpha value is -3.93. The highest BCUT2D eigenvalue weighted by Crippen LogP contribution is 2.16. The van der Waals surface area contributed by atoms with E-state index < -0.39 is 0 Å². The fraction of sp³-hybridized carbons (Fsp3) is 0.192. The van der Waals surface area contributed by atoms with Gasteiger partial charge in [-0.2, -0.15) is 0 Å². The molecule has 32 heavy (non-hydrogen) atoms. The fourth-order valence-electron chi connectivity index (χ4n) is 3.58. The second-order valence-corrected chi connectivity index (χ2v) is 7.74. The zero-order chi connectivity index (χ0) is 22.3. The summed E-state index contributed by atoms with van der Waals surface area (Å²) in [5.41, 5.74) is 4.53. The van der Waals surface area contributed by atoms with Crippen molar-refractivity contribution < 1.29 is 9.59 Å². The van der Waals surface area contributed by atoms with Gasteiger partial charge in [-0.25, -0.2) is 4.98 Å². The average Bonchev–Trinajstić information content (AvgIpc) is 3.16. The third-order valence-corrected chi connectivity index (χ3v) is 5.32. The number of carbonyl (C=O) groups excluding carboxylic acids is 2. The molecule has 2 amide bonds. The smallest absolute Gasteiger partial charge is 0.251 e. The minimum absolute atomic E-state index is 0.0815. The van der Waals surface area contributed by atoms with Crippen LogP contribution in [0.15, 0.2) is 78.9 Å². The van der Waals surface area contributed by atoms with Gasteiger partial charge in [0, 0.05) is 25.1 Å². The lowest BCUT2D eigenvalue weighted by atomic mass is 10.1. The fourth-order valence-corrected chi connectivity index (χ4v) is 3.58. The summed E-state index contributed by atoms with van der Waals surface area (Å²) in [6.45, 7) is 3.08. The molecule has 4 aromatic rings. The summed E-state index contributed by atoms with van der Waals surface area (Å²) >= 11 is 0. The van der Waals surface area contributed by atoms with Crippen LogP contribution in [0.25, 0.3) is 11.0 Å². The van der Waals surface area contributed by atoms with Crippen LogP contribution >= 0.6 is 0 Å². The highest BCUT2D eigenvalue weighted by atomic mass is 16.2. The van der Waals surface area contributed by atoms with E-state index in [1.807, 2.05) is 90.4 Å². The molecule has 3 aromatic carbocycles. The SMILES string of the molecule is Cc1ccc(C(=O)NCCc2nc3ccccc3n2CC(=O)NCc2ccccc2)cc1. The summed E-state index contributed by atoms with van der Waals surface area (Å²) in [5.74, 6) is 0.570. The first-order valence-electron chi connectivity index (χ1n) is 10.7. The van der Waals surface area contributed by atoms with Gasteiger partial charge in [-0.1, -0.05) is 60.2 Å². The Morgan fingerprint density at radius 2 is 1.59 bits per heavy atom. The molecule has 0 aliphatic heterocycles. The van der Waals surface area contributed by atoms with Crippen LogP contribution in [-0.4, -0.2) is 27.9 Å². The van der Waals surface area contributed by atoms with Gasteiger partial charge in [0.2, 0.25) is 5.91 Å². The highest BCUT2D eigenvalue weighted by Gasteiger charge is 2.14. The topological polar surface area (TPSA) is 76.0 Å². The van der Waals surface area contributed by atoms with Crippen LogP contribution in [0.4, 0.5) is 0 Å². The first-order valence-corrected chi connectivity index (χ1v) is 10.7. The van der Waals surface area contributed by atoms with Gasteiger partial charge < -0.3 is 15.2 Å². The number of aryl methyl sites for hydroxylation is 1. The van der Waals surface area contributed by atoms with E-state index in [-0.39, 0.29) is 18.4 Å². The predicted molar refractivity (Wildman–Crippen MR) is 125 cm³/mol. The predicted octanol–water partition coefficient (Wildman–Crippen LogP) is 3.63. The Labute approximate surface area is 187 Å². The van der Waals surface area contributed by atoms with Crippen molar-refractivity contribution in [3.8, 4) is 0 Å². The van der Waals surface area contributed by atoms with Crippen molar-refractivity contribution in [2.24, 2.45) is 0 Å². The Bertz CT molecular complexity index is 1210. The number of nitrogens with one attached hydrogen (secondary N) is 2. The Morgan fingerprint density at radius 1 is 0.875 bits per heavy atom. The minimum atomic E-state index is -0.117. The van der Waals surface area contributed by atoms with E-state index in [2.05, 4.69) is 10.6 Å². The van der Waals surface area contributed by atoms with Crippen molar-refractivity contribution in [2.75, 3.05) is 6.54 Å². The molecule has 0 fully saturated rings. The quantitative estimate of drug-likeness (QED) is 0.452. The number of nitrogens with zero attached hydrogens (tertiary/aromatic N) is 2. The average molecular weight is 427 g/mol. The maximum atomic E-state index is 12.6. The van der Waals surface area contributed by atoms with Gasteiger partial charge in [0.05, 0.1) is 11.0 Å². The van der Waals surface area contributed by atoms with Gasteiger partial charge in [0.1, 0.15) is 12.4 Å². The molecule has 1 heterocycles. The number of hydrogen-bond acceptors (Lipinski definition) is 3. The van der Waals surface area contributed by atoms with Gasteiger partial charge in [-0.3, -0.25) is 9.59 Å². The number of fused-ring (bicyclic) bond motifs is 1. The van der Waals surface area contributed by atoms with Crippen molar-refractivity contribution >= 4 is 22.8 Å². The third kappa shape index (κ3) is 5.21. The van der Waals surface area contributed by atoms with Crippen LogP contribution < -0.4 is 10.6 Å². The van der Waals surface area contributed by atoms with E-state index in [1.165, 1.54) is 0 Å². The molecule has 0 spiro atoms. The van der Waals surface area contributed by atoms with Crippen LogP contribution in [-0.2, 0) is 24.3 Å². The molecule has 2 N–H and O–H groups in total. The lowest BCUT2D eigenvalue weighted by Gasteiger charge is -2.11. The van der Waals surface area contributed by atoms with Crippen molar-refractivity contribution in [3.05, 3.63) is 101 Å². The summed E-state index contributed by atoms with van der Waals surface area (Å²) < 4.78 is 1.92. The van der Waals surface area contributed by atoms with Crippen LogP contribution in [0.2, 0.25) is 0 Å².